The Morgan fingerprint density at radius 2 is 2.17 bits per heavy atom. The summed E-state index contributed by atoms with van der Waals surface area (Å²) in [5.74, 6) is 2.60. The number of rotatable bonds is 0. The minimum absolute atomic E-state index is 0.841. The Morgan fingerprint density at radius 3 is 3.00 bits per heavy atom. The predicted octanol–water partition coefficient (Wildman–Crippen LogP) is 1.61. The lowest BCUT2D eigenvalue weighted by Crippen LogP contribution is -1.83. The first-order valence-corrected chi connectivity index (χ1v) is 3.57. The molecule has 0 unspecified atom stereocenters. The quantitative estimate of drug-likeness (QED) is 0.539. The van der Waals surface area contributed by atoms with Crippen LogP contribution in [0.3, 0.4) is 0 Å². The molecule has 0 N–H and O–H groups in total. The van der Waals surface area contributed by atoms with E-state index in [-0.39, 0.29) is 0 Å². The summed E-state index contributed by atoms with van der Waals surface area (Å²) in [5, 5.41) is 0.981. The second kappa shape index (κ2) is 2.63. The zero-order chi connectivity index (χ0) is 8.39. The lowest BCUT2D eigenvalue weighted by molar-refractivity contribution is 1.31. The number of aromatic nitrogens is 2. The molecular weight excluding hydrogens is 148 g/mol. The lowest BCUT2D eigenvalue weighted by atomic mass is 10.1. The van der Waals surface area contributed by atoms with E-state index in [2.05, 4.69) is 15.9 Å². The van der Waals surface area contributed by atoms with Crippen molar-refractivity contribution in [3.8, 4) is 12.3 Å². The van der Waals surface area contributed by atoms with Crippen LogP contribution >= 0.6 is 0 Å². The van der Waals surface area contributed by atoms with Crippen molar-refractivity contribution >= 4 is 10.9 Å². The van der Waals surface area contributed by atoms with Crippen LogP contribution in [0.5, 0.6) is 0 Å². The molecule has 0 radical (unpaired) electrons. The first-order chi connectivity index (χ1) is 5.92. The normalized spacial score (nSPS) is 9.58. The van der Waals surface area contributed by atoms with Gasteiger partial charge in [-0.1, -0.05) is 5.92 Å². The molecule has 0 saturated carbocycles. The van der Waals surface area contributed by atoms with Crippen LogP contribution in [-0.2, 0) is 0 Å². The summed E-state index contributed by atoms with van der Waals surface area (Å²) in [6.07, 6.45) is 10.4. The molecule has 0 atom stereocenters. The fraction of sp³-hybridized carbons (Fsp3) is 0. The molecule has 2 heterocycles. The van der Waals surface area contributed by atoms with Crippen LogP contribution in [0.15, 0.2) is 30.7 Å². The molecular formula is C10H6N2. The van der Waals surface area contributed by atoms with E-state index in [0.717, 1.165) is 16.5 Å². The number of hydrogen-bond donors (Lipinski definition) is 0. The van der Waals surface area contributed by atoms with Gasteiger partial charge >= 0.3 is 0 Å². The van der Waals surface area contributed by atoms with Crippen LogP contribution < -0.4 is 0 Å². The highest BCUT2D eigenvalue weighted by Gasteiger charge is 1.96. The zero-order valence-corrected chi connectivity index (χ0v) is 6.36. The van der Waals surface area contributed by atoms with Gasteiger partial charge in [-0.2, -0.15) is 0 Å². The van der Waals surface area contributed by atoms with Crippen molar-refractivity contribution in [1.82, 2.24) is 9.97 Å². The molecule has 2 nitrogen and oxygen atoms in total. The molecule has 2 rings (SSSR count). The lowest BCUT2D eigenvalue weighted by Gasteiger charge is -1.96. The Balaban J connectivity index is 2.91. The van der Waals surface area contributed by atoms with Crippen LogP contribution in [-0.4, -0.2) is 9.97 Å². The highest BCUT2D eigenvalue weighted by Crippen LogP contribution is 2.12. The minimum Gasteiger partial charge on any atom is -0.262 e. The van der Waals surface area contributed by atoms with E-state index >= 15 is 0 Å². The van der Waals surface area contributed by atoms with Gasteiger partial charge in [-0.05, 0) is 12.1 Å². The number of terminal acetylenes is 1. The van der Waals surface area contributed by atoms with Crippen molar-refractivity contribution in [3.05, 3.63) is 36.3 Å². The van der Waals surface area contributed by atoms with E-state index in [9.17, 15) is 0 Å². The summed E-state index contributed by atoms with van der Waals surface area (Å²) >= 11 is 0. The Kier molecular flexibility index (Phi) is 1.49. The van der Waals surface area contributed by atoms with Gasteiger partial charge in [0.05, 0.1) is 11.7 Å². The Bertz CT molecular complexity index is 449. The molecule has 56 valence electrons. The van der Waals surface area contributed by atoms with Gasteiger partial charge in [0, 0.05) is 23.3 Å². The van der Waals surface area contributed by atoms with Gasteiger partial charge in [-0.3, -0.25) is 9.97 Å². The summed E-state index contributed by atoms with van der Waals surface area (Å²) in [6, 6.07) is 3.69. The van der Waals surface area contributed by atoms with Crippen molar-refractivity contribution in [1.29, 1.82) is 0 Å². The fourth-order valence-electron chi connectivity index (χ4n) is 1.12. The van der Waals surface area contributed by atoms with E-state index in [0.29, 0.717) is 0 Å². The molecule has 0 aliphatic rings. The largest absolute Gasteiger partial charge is 0.262 e. The first kappa shape index (κ1) is 6.81. The van der Waals surface area contributed by atoms with Gasteiger partial charge < -0.3 is 0 Å². The zero-order valence-electron chi connectivity index (χ0n) is 6.36. The third-order valence-corrected chi connectivity index (χ3v) is 1.70. The van der Waals surface area contributed by atoms with Gasteiger partial charge in [0.2, 0.25) is 0 Å². The molecule has 12 heavy (non-hydrogen) atoms. The molecule has 0 amide bonds. The smallest absolute Gasteiger partial charge is 0.0897 e. The van der Waals surface area contributed by atoms with Crippen molar-refractivity contribution in [2.75, 3.05) is 0 Å². The van der Waals surface area contributed by atoms with Crippen LogP contribution in [0, 0.1) is 12.3 Å². The molecule has 0 bridgehead atoms. The average molecular weight is 154 g/mol. The van der Waals surface area contributed by atoms with E-state index in [4.69, 9.17) is 6.42 Å². The molecule has 2 aromatic heterocycles. The average Bonchev–Trinajstić information content (AvgIpc) is 2.17. The Morgan fingerprint density at radius 1 is 1.25 bits per heavy atom. The predicted molar refractivity (Wildman–Crippen MR) is 47.5 cm³/mol. The summed E-state index contributed by atoms with van der Waals surface area (Å²) < 4.78 is 0. The van der Waals surface area contributed by atoms with E-state index < -0.39 is 0 Å². The standard InChI is InChI=1S/C10H6N2/c1-2-8-3-6-12-10-7-11-5-4-9(8)10/h1,3-7H. The number of pyridine rings is 2. The highest BCUT2D eigenvalue weighted by molar-refractivity contribution is 5.83. The van der Waals surface area contributed by atoms with E-state index in [1.165, 1.54) is 0 Å². The number of fused-ring (bicyclic) bond motifs is 1. The van der Waals surface area contributed by atoms with Crippen molar-refractivity contribution in [3.63, 3.8) is 0 Å². The summed E-state index contributed by atoms with van der Waals surface area (Å²) in [7, 11) is 0. The number of nitrogens with zero attached hydrogens (tertiary/aromatic N) is 2. The molecule has 2 heteroatoms. The van der Waals surface area contributed by atoms with Crippen molar-refractivity contribution in [2.45, 2.75) is 0 Å². The number of hydrogen-bond acceptors (Lipinski definition) is 2. The van der Waals surface area contributed by atoms with Gasteiger partial charge in [0.15, 0.2) is 0 Å². The maximum Gasteiger partial charge on any atom is 0.0897 e. The van der Waals surface area contributed by atoms with Crippen molar-refractivity contribution < 1.29 is 0 Å². The summed E-state index contributed by atoms with van der Waals surface area (Å²) in [4.78, 5) is 8.09. The van der Waals surface area contributed by atoms with Gasteiger partial charge in [0.25, 0.3) is 0 Å². The van der Waals surface area contributed by atoms with Crippen LogP contribution in [0.1, 0.15) is 5.56 Å². The SMILES string of the molecule is C#Cc1ccnc2cnccc12. The summed E-state index contributed by atoms with van der Waals surface area (Å²) in [6.45, 7) is 0. The molecule has 0 aliphatic carbocycles. The molecule has 0 spiro atoms. The van der Waals surface area contributed by atoms with Gasteiger partial charge in [0.1, 0.15) is 0 Å². The maximum atomic E-state index is 5.32. The highest BCUT2D eigenvalue weighted by atomic mass is 14.7. The molecule has 2 aromatic rings. The second-order valence-electron chi connectivity index (χ2n) is 2.40. The second-order valence-corrected chi connectivity index (χ2v) is 2.40. The van der Waals surface area contributed by atoms with Crippen LogP contribution in [0.25, 0.3) is 10.9 Å². The first-order valence-electron chi connectivity index (χ1n) is 3.57. The Labute approximate surface area is 70.3 Å². The summed E-state index contributed by atoms with van der Waals surface area (Å²) in [5.41, 5.74) is 1.70. The maximum absolute atomic E-state index is 5.32. The van der Waals surface area contributed by atoms with Crippen LogP contribution in [0.2, 0.25) is 0 Å². The topological polar surface area (TPSA) is 25.8 Å². The van der Waals surface area contributed by atoms with Crippen molar-refractivity contribution in [2.24, 2.45) is 0 Å². The van der Waals surface area contributed by atoms with Gasteiger partial charge in [-0.15, -0.1) is 6.42 Å². The third kappa shape index (κ3) is 0.923. The van der Waals surface area contributed by atoms with Gasteiger partial charge in [-0.25, -0.2) is 0 Å². The molecule has 0 aromatic carbocycles. The molecule has 0 fully saturated rings. The third-order valence-electron chi connectivity index (χ3n) is 1.70. The monoisotopic (exact) mass is 154 g/mol. The fourth-order valence-corrected chi connectivity index (χ4v) is 1.12. The Hall–Kier alpha value is -1.88. The van der Waals surface area contributed by atoms with Crippen LogP contribution in [0.4, 0.5) is 0 Å². The van der Waals surface area contributed by atoms with E-state index in [1.807, 2.05) is 12.1 Å². The van der Waals surface area contributed by atoms with E-state index in [1.54, 1.807) is 18.6 Å². The molecule has 0 saturated heterocycles. The minimum atomic E-state index is 0.841. The molecule has 0 aliphatic heterocycles.